The highest BCUT2D eigenvalue weighted by molar-refractivity contribution is 5.80. The molecule has 0 aromatic rings. The summed E-state index contributed by atoms with van der Waals surface area (Å²) in [5, 5.41) is 8.75. The zero-order valence-corrected chi connectivity index (χ0v) is 9.72. The van der Waals surface area contributed by atoms with E-state index < -0.39 is 5.97 Å². The van der Waals surface area contributed by atoms with Crippen LogP contribution in [0.5, 0.6) is 0 Å². The van der Waals surface area contributed by atoms with Crippen molar-refractivity contribution in [1.82, 2.24) is 9.80 Å². The van der Waals surface area contributed by atoms with Crippen molar-refractivity contribution >= 4 is 12.0 Å². The van der Waals surface area contributed by atoms with E-state index in [2.05, 4.69) is 0 Å². The molecule has 0 aromatic carbocycles. The summed E-state index contributed by atoms with van der Waals surface area (Å²) in [5.41, 5.74) is 0. The van der Waals surface area contributed by atoms with Gasteiger partial charge in [0.25, 0.3) is 0 Å². The Labute approximate surface area is 95.3 Å². The molecule has 0 aliphatic carbocycles. The smallest absolute Gasteiger partial charge is 0.323 e. The van der Waals surface area contributed by atoms with E-state index >= 15 is 0 Å². The van der Waals surface area contributed by atoms with Crippen LogP contribution >= 0.6 is 0 Å². The predicted molar refractivity (Wildman–Crippen MR) is 60.2 cm³/mol. The van der Waals surface area contributed by atoms with E-state index in [1.54, 1.807) is 4.90 Å². The third kappa shape index (κ3) is 3.25. The minimum Gasteiger partial charge on any atom is -0.480 e. The fraction of sp³-hybridized carbons (Fsp3) is 0.636. The topological polar surface area (TPSA) is 60.9 Å². The second-order valence-electron chi connectivity index (χ2n) is 4.10. The van der Waals surface area contributed by atoms with Crippen LogP contribution in [0.3, 0.4) is 0 Å². The minimum atomic E-state index is -0.977. The summed E-state index contributed by atoms with van der Waals surface area (Å²) in [5.74, 6) is -0.977. The van der Waals surface area contributed by atoms with Crippen molar-refractivity contribution in [3.63, 3.8) is 0 Å². The fourth-order valence-corrected chi connectivity index (χ4v) is 1.61. The molecule has 0 saturated heterocycles. The van der Waals surface area contributed by atoms with Crippen LogP contribution in [0, 0.1) is 0 Å². The summed E-state index contributed by atoms with van der Waals surface area (Å²) in [4.78, 5) is 25.8. The lowest BCUT2D eigenvalue weighted by Crippen LogP contribution is -2.49. The number of carboxylic acid groups (broad SMARTS) is 1. The predicted octanol–water partition coefficient (Wildman–Crippen LogP) is 1.16. The van der Waals surface area contributed by atoms with Gasteiger partial charge in [0, 0.05) is 19.1 Å². The van der Waals surface area contributed by atoms with E-state index in [0.717, 1.165) is 6.42 Å². The standard InChI is InChI=1S/C11H18N2O3/c1-9(2)13(8-10(14)15)11(16)12-6-4-3-5-7-12/h3-4,9H,5-8H2,1-2H3,(H,14,15). The monoisotopic (exact) mass is 226 g/mol. The largest absolute Gasteiger partial charge is 0.480 e. The summed E-state index contributed by atoms with van der Waals surface area (Å²) in [7, 11) is 0. The van der Waals surface area contributed by atoms with Crippen molar-refractivity contribution in [1.29, 1.82) is 0 Å². The fourth-order valence-electron chi connectivity index (χ4n) is 1.61. The number of carboxylic acids is 1. The number of rotatable bonds is 3. The number of aliphatic carboxylic acids is 1. The Bertz CT molecular complexity index is 300. The van der Waals surface area contributed by atoms with Gasteiger partial charge < -0.3 is 14.9 Å². The maximum absolute atomic E-state index is 12.0. The van der Waals surface area contributed by atoms with Gasteiger partial charge >= 0.3 is 12.0 Å². The molecule has 16 heavy (non-hydrogen) atoms. The van der Waals surface area contributed by atoms with Crippen LogP contribution in [-0.2, 0) is 4.79 Å². The number of carbonyl (C=O) groups excluding carboxylic acids is 1. The molecule has 1 aliphatic rings. The first-order chi connectivity index (χ1) is 7.52. The Kier molecular flexibility index (Phi) is 4.34. The quantitative estimate of drug-likeness (QED) is 0.735. The van der Waals surface area contributed by atoms with E-state index in [1.165, 1.54) is 4.90 Å². The van der Waals surface area contributed by atoms with Gasteiger partial charge in [0.05, 0.1) is 0 Å². The van der Waals surface area contributed by atoms with E-state index in [4.69, 9.17) is 5.11 Å². The minimum absolute atomic E-state index is 0.102. The second kappa shape index (κ2) is 5.53. The Hall–Kier alpha value is -1.52. The summed E-state index contributed by atoms with van der Waals surface area (Å²) in [6.45, 7) is 4.64. The van der Waals surface area contributed by atoms with Crippen molar-refractivity contribution in [3.05, 3.63) is 12.2 Å². The van der Waals surface area contributed by atoms with Gasteiger partial charge in [0.1, 0.15) is 6.54 Å². The summed E-state index contributed by atoms with van der Waals surface area (Å²) in [6, 6.07) is -0.295. The average molecular weight is 226 g/mol. The molecular weight excluding hydrogens is 208 g/mol. The molecular formula is C11H18N2O3. The average Bonchev–Trinajstić information content (AvgIpc) is 2.25. The first kappa shape index (κ1) is 12.5. The molecule has 5 nitrogen and oxygen atoms in total. The molecule has 0 aromatic heterocycles. The molecule has 0 unspecified atom stereocenters. The molecule has 0 spiro atoms. The number of carbonyl (C=O) groups is 2. The molecule has 1 aliphatic heterocycles. The van der Waals surface area contributed by atoms with Crippen LogP contribution in [0.4, 0.5) is 4.79 Å². The van der Waals surface area contributed by atoms with Crippen molar-refractivity contribution in [2.24, 2.45) is 0 Å². The highest BCUT2D eigenvalue weighted by atomic mass is 16.4. The first-order valence-corrected chi connectivity index (χ1v) is 5.44. The van der Waals surface area contributed by atoms with Gasteiger partial charge in [-0.15, -0.1) is 0 Å². The lowest BCUT2D eigenvalue weighted by Gasteiger charge is -2.32. The van der Waals surface area contributed by atoms with Gasteiger partial charge in [-0.25, -0.2) is 4.79 Å². The summed E-state index contributed by atoms with van der Waals surface area (Å²) >= 11 is 0. The lowest BCUT2D eigenvalue weighted by molar-refractivity contribution is -0.138. The van der Waals surface area contributed by atoms with Crippen molar-refractivity contribution in [3.8, 4) is 0 Å². The van der Waals surface area contributed by atoms with Crippen molar-refractivity contribution in [2.45, 2.75) is 26.3 Å². The number of amides is 2. The van der Waals surface area contributed by atoms with E-state index in [9.17, 15) is 9.59 Å². The molecule has 90 valence electrons. The third-order valence-electron chi connectivity index (χ3n) is 2.50. The number of hydrogen-bond donors (Lipinski definition) is 1. The van der Waals surface area contributed by atoms with Gasteiger partial charge in [-0.05, 0) is 20.3 Å². The van der Waals surface area contributed by atoms with E-state index in [-0.39, 0.29) is 18.6 Å². The molecule has 5 heteroatoms. The number of urea groups is 1. The van der Waals surface area contributed by atoms with Crippen LogP contribution < -0.4 is 0 Å². The Balaban J connectivity index is 2.66. The Morgan fingerprint density at radius 1 is 1.44 bits per heavy atom. The molecule has 1 N–H and O–H groups in total. The van der Waals surface area contributed by atoms with Crippen LogP contribution in [0.1, 0.15) is 20.3 Å². The summed E-state index contributed by atoms with van der Waals surface area (Å²) in [6.07, 6.45) is 4.80. The van der Waals surface area contributed by atoms with Gasteiger partial charge in [0.15, 0.2) is 0 Å². The SMILES string of the molecule is CC(C)N(CC(=O)O)C(=O)N1CC=CCC1. The maximum Gasteiger partial charge on any atom is 0.323 e. The van der Waals surface area contributed by atoms with Crippen LogP contribution in [0.2, 0.25) is 0 Å². The van der Waals surface area contributed by atoms with Crippen molar-refractivity contribution < 1.29 is 14.7 Å². The van der Waals surface area contributed by atoms with Crippen LogP contribution in [-0.4, -0.2) is 52.6 Å². The highest BCUT2D eigenvalue weighted by Gasteiger charge is 2.24. The van der Waals surface area contributed by atoms with Gasteiger partial charge in [-0.2, -0.15) is 0 Å². The third-order valence-corrected chi connectivity index (χ3v) is 2.50. The molecule has 0 radical (unpaired) electrons. The Morgan fingerprint density at radius 2 is 2.12 bits per heavy atom. The van der Waals surface area contributed by atoms with E-state index in [1.807, 2.05) is 26.0 Å². The molecule has 0 saturated carbocycles. The lowest BCUT2D eigenvalue weighted by atomic mass is 10.2. The van der Waals surface area contributed by atoms with Crippen molar-refractivity contribution in [2.75, 3.05) is 19.6 Å². The van der Waals surface area contributed by atoms with Gasteiger partial charge in [0.2, 0.25) is 0 Å². The zero-order valence-electron chi connectivity index (χ0n) is 9.72. The Morgan fingerprint density at radius 3 is 2.56 bits per heavy atom. The number of hydrogen-bond acceptors (Lipinski definition) is 2. The number of nitrogens with zero attached hydrogens (tertiary/aromatic N) is 2. The molecule has 0 bridgehead atoms. The molecule has 0 fully saturated rings. The van der Waals surface area contributed by atoms with Gasteiger partial charge in [-0.1, -0.05) is 12.2 Å². The maximum atomic E-state index is 12.0. The zero-order chi connectivity index (χ0) is 12.1. The van der Waals surface area contributed by atoms with E-state index in [0.29, 0.717) is 13.1 Å². The first-order valence-electron chi connectivity index (χ1n) is 5.44. The molecule has 1 heterocycles. The van der Waals surface area contributed by atoms with Crippen LogP contribution in [0.25, 0.3) is 0 Å². The second-order valence-corrected chi connectivity index (χ2v) is 4.10. The molecule has 2 amide bonds. The van der Waals surface area contributed by atoms with Crippen LogP contribution in [0.15, 0.2) is 12.2 Å². The summed E-state index contributed by atoms with van der Waals surface area (Å²) < 4.78 is 0. The highest BCUT2D eigenvalue weighted by Crippen LogP contribution is 2.08. The molecule has 0 atom stereocenters. The molecule has 1 rings (SSSR count). The van der Waals surface area contributed by atoms with Gasteiger partial charge in [-0.3, -0.25) is 4.79 Å². The normalized spacial score (nSPS) is 15.3.